The van der Waals surface area contributed by atoms with E-state index < -0.39 is 0 Å². The van der Waals surface area contributed by atoms with Gasteiger partial charge in [-0.3, -0.25) is 4.79 Å². The number of para-hydroxylation sites is 2. The zero-order valence-electron chi connectivity index (χ0n) is 13.6. The summed E-state index contributed by atoms with van der Waals surface area (Å²) < 4.78 is 6.03. The molecule has 3 aromatic rings. The predicted molar refractivity (Wildman–Crippen MR) is 93.4 cm³/mol. The topological polar surface area (TPSA) is 63.9 Å². The fourth-order valence-electron chi connectivity index (χ4n) is 3.44. The predicted octanol–water partition coefficient (Wildman–Crippen LogP) is 3.16. The monoisotopic (exact) mass is 341 g/mol. The van der Waals surface area contributed by atoms with Crippen molar-refractivity contribution in [1.29, 1.82) is 0 Å². The molecule has 6 nitrogen and oxygen atoms in total. The number of amides is 1. The van der Waals surface area contributed by atoms with E-state index in [9.17, 15) is 4.79 Å². The number of nitrogens with zero attached hydrogens (tertiary/aromatic N) is 5. The Kier molecular flexibility index (Phi) is 4.02. The van der Waals surface area contributed by atoms with Crippen molar-refractivity contribution >= 4 is 28.5 Å². The third-order valence-electron chi connectivity index (χ3n) is 4.55. The molecule has 2 aromatic heterocycles. The summed E-state index contributed by atoms with van der Waals surface area (Å²) in [4.78, 5) is 19.0. The van der Waals surface area contributed by atoms with Crippen LogP contribution < -0.4 is 0 Å². The van der Waals surface area contributed by atoms with Crippen LogP contribution in [0.5, 0.6) is 0 Å². The Morgan fingerprint density at radius 2 is 2.21 bits per heavy atom. The van der Waals surface area contributed by atoms with Gasteiger partial charge in [-0.15, -0.1) is 5.10 Å². The zero-order valence-corrected chi connectivity index (χ0v) is 14.4. The Bertz CT molecular complexity index is 857. The standard InChI is InChI=1S/C17H19N5OS/c1-2-5-12-8-16(23)21(9-12)11-22-15-7-4-3-6-13(15)18-17(22)14-10-24-20-19-14/h3-4,6-7,10,12H,2,5,8-9,11H2,1H3. The van der Waals surface area contributed by atoms with Gasteiger partial charge in [0.15, 0.2) is 5.82 Å². The maximum atomic E-state index is 12.4. The lowest BCUT2D eigenvalue weighted by Gasteiger charge is -2.19. The van der Waals surface area contributed by atoms with Crippen LogP contribution in [0.1, 0.15) is 26.2 Å². The largest absolute Gasteiger partial charge is 0.324 e. The van der Waals surface area contributed by atoms with E-state index in [-0.39, 0.29) is 5.91 Å². The Balaban J connectivity index is 1.71. The van der Waals surface area contributed by atoms with E-state index in [1.807, 2.05) is 34.5 Å². The quantitative estimate of drug-likeness (QED) is 0.715. The summed E-state index contributed by atoms with van der Waals surface area (Å²) in [6.45, 7) is 3.52. The molecule has 1 saturated heterocycles. The molecular weight excluding hydrogens is 322 g/mol. The van der Waals surface area contributed by atoms with Crippen LogP contribution in [-0.2, 0) is 11.5 Å². The third-order valence-corrected chi connectivity index (χ3v) is 5.05. The molecule has 1 atom stereocenters. The zero-order chi connectivity index (χ0) is 16.5. The van der Waals surface area contributed by atoms with Crippen LogP contribution in [0.2, 0.25) is 0 Å². The van der Waals surface area contributed by atoms with Crippen molar-refractivity contribution in [3.8, 4) is 11.5 Å². The normalized spacial score (nSPS) is 18.0. The van der Waals surface area contributed by atoms with Crippen molar-refractivity contribution in [1.82, 2.24) is 24.0 Å². The molecule has 3 heterocycles. The number of aromatic nitrogens is 4. The molecule has 4 rings (SSSR count). The first-order valence-electron chi connectivity index (χ1n) is 8.26. The molecule has 124 valence electrons. The Labute approximate surface area is 144 Å². The van der Waals surface area contributed by atoms with Gasteiger partial charge in [-0.05, 0) is 36.0 Å². The van der Waals surface area contributed by atoms with Gasteiger partial charge in [0, 0.05) is 18.3 Å². The molecule has 0 bridgehead atoms. The highest BCUT2D eigenvalue weighted by molar-refractivity contribution is 7.03. The number of carbonyl (C=O) groups is 1. The van der Waals surface area contributed by atoms with Crippen molar-refractivity contribution in [2.45, 2.75) is 32.9 Å². The Morgan fingerprint density at radius 1 is 1.33 bits per heavy atom. The Hall–Kier alpha value is -2.28. The summed E-state index contributed by atoms with van der Waals surface area (Å²) in [5.74, 6) is 1.48. The first-order chi connectivity index (χ1) is 11.8. The fourth-order valence-corrected chi connectivity index (χ4v) is 3.87. The summed E-state index contributed by atoms with van der Waals surface area (Å²) in [7, 11) is 0. The van der Waals surface area contributed by atoms with Gasteiger partial charge < -0.3 is 9.47 Å². The first kappa shape index (κ1) is 15.3. The van der Waals surface area contributed by atoms with Gasteiger partial charge >= 0.3 is 0 Å². The van der Waals surface area contributed by atoms with Crippen molar-refractivity contribution in [3.05, 3.63) is 29.6 Å². The second kappa shape index (κ2) is 6.32. The van der Waals surface area contributed by atoms with Crippen molar-refractivity contribution < 1.29 is 4.79 Å². The van der Waals surface area contributed by atoms with E-state index in [0.717, 1.165) is 41.9 Å². The minimum Gasteiger partial charge on any atom is -0.324 e. The van der Waals surface area contributed by atoms with Crippen LogP contribution in [0.3, 0.4) is 0 Å². The van der Waals surface area contributed by atoms with Gasteiger partial charge in [0.2, 0.25) is 5.91 Å². The smallest absolute Gasteiger partial charge is 0.224 e. The summed E-state index contributed by atoms with van der Waals surface area (Å²) in [5.41, 5.74) is 2.69. The molecule has 1 aliphatic heterocycles. The van der Waals surface area contributed by atoms with Gasteiger partial charge in [-0.1, -0.05) is 30.0 Å². The van der Waals surface area contributed by atoms with E-state index in [0.29, 0.717) is 19.0 Å². The molecule has 0 spiro atoms. The van der Waals surface area contributed by atoms with Gasteiger partial charge in [0.25, 0.3) is 0 Å². The van der Waals surface area contributed by atoms with Crippen molar-refractivity contribution in [2.75, 3.05) is 6.54 Å². The molecule has 1 unspecified atom stereocenters. The molecule has 7 heteroatoms. The van der Waals surface area contributed by atoms with E-state index >= 15 is 0 Å². The van der Waals surface area contributed by atoms with Crippen molar-refractivity contribution in [2.24, 2.45) is 5.92 Å². The third kappa shape index (κ3) is 2.69. The Morgan fingerprint density at radius 3 is 3.00 bits per heavy atom. The van der Waals surface area contributed by atoms with Crippen LogP contribution in [0, 0.1) is 5.92 Å². The maximum Gasteiger partial charge on any atom is 0.224 e. The van der Waals surface area contributed by atoms with Gasteiger partial charge in [0.05, 0.1) is 17.7 Å². The SMILES string of the molecule is CCCC1CC(=O)N(Cn2c(-c3csnn3)nc3ccccc32)C1. The summed E-state index contributed by atoms with van der Waals surface area (Å²) in [6.07, 6.45) is 2.89. The fraction of sp³-hybridized carbons (Fsp3) is 0.412. The minimum absolute atomic E-state index is 0.230. The van der Waals surface area contributed by atoms with Crippen LogP contribution in [-0.4, -0.2) is 36.5 Å². The molecule has 0 N–H and O–H groups in total. The lowest BCUT2D eigenvalue weighted by Crippen LogP contribution is -2.28. The van der Waals surface area contributed by atoms with E-state index in [2.05, 4.69) is 21.1 Å². The summed E-state index contributed by atoms with van der Waals surface area (Å²) in [5, 5.41) is 6.05. The molecule has 0 radical (unpaired) electrons. The second-order valence-corrected chi connectivity index (χ2v) is 6.87. The summed E-state index contributed by atoms with van der Waals surface area (Å²) in [6, 6.07) is 7.99. The number of hydrogen-bond acceptors (Lipinski definition) is 5. The van der Waals surface area contributed by atoms with Crippen molar-refractivity contribution in [3.63, 3.8) is 0 Å². The van der Waals surface area contributed by atoms with E-state index in [1.165, 1.54) is 11.5 Å². The summed E-state index contributed by atoms with van der Waals surface area (Å²) >= 11 is 1.31. The molecule has 0 aliphatic carbocycles. The highest BCUT2D eigenvalue weighted by Crippen LogP contribution is 2.27. The second-order valence-electron chi connectivity index (χ2n) is 6.26. The van der Waals surface area contributed by atoms with Crippen LogP contribution >= 0.6 is 11.5 Å². The number of rotatable bonds is 5. The number of hydrogen-bond donors (Lipinski definition) is 0. The van der Waals surface area contributed by atoms with Crippen LogP contribution in [0.4, 0.5) is 0 Å². The molecule has 24 heavy (non-hydrogen) atoms. The highest BCUT2D eigenvalue weighted by Gasteiger charge is 2.30. The van der Waals surface area contributed by atoms with E-state index in [4.69, 9.17) is 4.98 Å². The number of fused-ring (bicyclic) bond motifs is 1. The number of carbonyl (C=O) groups excluding carboxylic acids is 1. The minimum atomic E-state index is 0.230. The number of benzene rings is 1. The van der Waals surface area contributed by atoms with Gasteiger partial charge in [0.1, 0.15) is 5.69 Å². The number of imidazole rings is 1. The molecule has 1 amide bonds. The van der Waals surface area contributed by atoms with Gasteiger partial charge in [-0.2, -0.15) is 0 Å². The van der Waals surface area contributed by atoms with E-state index in [1.54, 1.807) is 0 Å². The molecule has 0 saturated carbocycles. The molecule has 1 aliphatic rings. The first-order valence-corrected chi connectivity index (χ1v) is 9.10. The average Bonchev–Trinajstić information content (AvgIpc) is 3.28. The maximum absolute atomic E-state index is 12.4. The molecule has 1 fully saturated rings. The molecular formula is C17H19N5OS. The highest BCUT2D eigenvalue weighted by atomic mass is 32.1. The molecule has 1 aromatic carbocycles. The van der Waals surface area contributed by atoms with Crippen LogP contribution in [0.15, 0.2) is 29.6 Å². The average molecular weight is 341 g/mol. The lowest BCUT2D eigenvalue weighted by molar-refractivity contribution is -0.129. The van der Waals surface area contributed by atoms with Gasteiger partial charge in [-0.25, -0.2) is 4.98 Å². The lowest BCUT2D eigenvalue weighted by atomic mass is 10.0. The van der Waals surface area contributed by atoms with Crippen LogP contribution in [0.25, 0.3) is 22.6 Å². The number of likely N-dealkylation sites (tertiary alicyclic amines) is 1.